The number of rotatable bonds is 4. The summed E-state index contributed by atoms with van der Waals surface area (Å²) < 4.78 is 5.24. The monoisotopic (exact) mass is 254 g/mol. The fourth-order valence-corrected chi connectivity index (χ4v) is 1.82. The van der Waals surface area contributed by atoms with Gasteiger partial charge in [0.1, 0.15) is 5.75 Å². The van der Waals surface area contributed by atoms with Gasteiger partial charge in [0.05, 0.1) is 12.7 Å². The fraction of sp³-hybridized carbons (Fsp3) is 0.0625. The molecule has 0 bridgehead atoms. The number of carbonyl (C=O) groups is 1. The van der Waals surface area contributed by atoms with Crippen LogP contribution in [-0.2, 0) is 0 Å². The predicted molar refractivity (Wildman–Crippen MR) is 75.3 cm³/mol. The van der Waals surface area contributed by atoms with Gasteiger partial charge in [-0.3, -0.25) is 0 Å². The Morgan fingerprint density at radius 1 is 1.00 bits per heavy atom. The van der Waals surface area contributed by atoms with E-state index < -0.39 is 5.97 Å². The molecule has 0 unspecified atom stereocenters. The predicted octanol–water partition coefficient (Wildman–Crippen LogP) is 3.56. The van der Waals surface area contributed by atoms with Crippen LogP contribution in [0.2, 0.25) is 0 Å². The van der Waals surface area contributed by atoms with Crippen LogP contribution < -0.4 is 4.74 Å². The first kappa shape index (κ1) is 12.9. The third kappa shape index (κ3) is 3.01. The largest absolute Gasteiger partial charge is 0.496 e. The number of hydrogen-bond donors (Lipinski definition) is 1. The Morgan fingerprint density at radius 2 is 1.58 bits per heavy atom. The smallest absolute Gasteiger partial charge is 0.336 e. The Morgan fingerprint density at radius 3 is 2.26 bits per heavy atom. The Hall–Kier alpha value is -2.55. The van der Waals surface area contributed by atoms with Crippen LogP contribution in [0.3, 0.4) is 0 Å². The van der Waals surface area contributed by atoms with E-state index in [1.807, 2.05) is 36.4 Å². The standard InChI is InChI=1S/C16H14O3/c1-19-15-9-5-3-7-13(15)11-10-12-6-2-4-8-14(12)16(17)18/h2-11H,1H3,(H,17,18). The normalized spacial score (nSPS) is 10.6. The highest BCUT2D eigenvalue weighted by atomic mass is 16.5. The molecule has 3 heteroatoms. The quantitative estimate of drug-likeness (QED) is 0.848. The van der Waals surface area contributed by atoms with Gasteiger partial charge in [-0.05, 0) is 17.7 Å². The molecule has 0 aliphatic heterocycles. The molecule has 2 aromatic rings. The molecule has 0 radical (unpaired) electrons. The Kier molecular flexibility index (Phi) is 3.98. The molecule has 0 fully saturated rings. The molecule has 2 aromatic carbocycles. The second-order valence-corrected chi connectivity index (χ2v) is 3.97. The van der Waals surface area contributed by atoms with E-state index in [1.54, 1.807) is 31.4 Å². The van der Waals surface area contributed by atoms with Crippen LogP contribution in [-0.4, -0.2) is 18.2 Å². The minimum atomic E-state index is -0.930. The van der Waals surface area contributed by atoms with Crippen LogP contribution in [0, 0.1) is 0 Å². The lowest BCUT2D eigenvalue weighted by Gasteiger charge is -2.04. The second kappa shape index (κ2) is 5.87. The molecule has 2 rings (SSSR count). The summed E-state index contributed by atoms with van der Waals surface area (Å²) in [5.74, 6) is -0.174. The number of para-hydroxylation sites is 1. The average molecular weight is 254 g/mol. The molecule has 0 spiro atoms. The molecule has 19 heavy (non-hydrogen) atoms. The van der Waals surface area contributed by atoms with Crippen LogP contribution in [0.5, 0.6) is 5.75 Å². The summed E-state index contributed by atoms with van der Waals surface area (Å²) in [6.45, 7) is 0. The molecule has 0 saturated carbocycles. The maximum absolute atomic E-state index is 11.1. The van der Waals surface area contributed by atoms with Crippen LogP contribution in [0.25, 0.3) is 12.2 Å². The summed E-state index contributed by atoms with van der Waals surface area (Å²) >= 11 is 0. The molecule has 0 aromatic heterocycles. The Bertz CT molecular complexity index is 615. The minimum absolute atomic E-state index is 0.286. The van der Waals surface area contributed by atoms with E-state index in [0.29, 0.717) is 5.56 Å². The number of methoxy groups -OCH3 is 1. The van der Waals surface area contributed by atoms with Gasteiger partial charge >= 0.3 is 5.97 Å². The first-order chi connectivity index (χ1) is 9.22. The number of carboxylic acid groups (broad SMARTS) is 1. The number of aromatic carboxylic acids is 1. The van der Waals surface area contributed by atoms with Crippen molar-refractivity contribution >= 4 is 18.1 Å². The van der Waals surface area contributed by atoms with E-state index in [4.69, 9.17) is 9.84 Å². The van der Waals surface area contributed by atoms with E-state index in [1.165, 1.54) is 0 Å². The van der Waals surface area contributed by atoms with Gasteiger partial charge < -0.3 is 9.84 Å². The number of ether oxygens (including phenoxy) is 1. The van der Waals surface area contributed by atoms with E-state index in [9.17, 15) is 4.79 Å². The third-order valence-electron chi connectivity index (χ3n) is 2.77. The van der Waals surface area contributed by atoms with Crippen molar-refractivity contribution in [2.45, 2.75) is 0 Å². The summed E-state index contributed by atoms with van der Waals surface area (Å²) in [5.41, 5.74) is 1.86. The zero-order valence-electron chi connectivity index (χ0n) is 10.5. The lowest BCUT2D eigenvalue weighted by molar-refractivity contribution is 0.0696. The van der Waals surface area contributed by atoms with Crippen molar-refractivity contribution in [3.63, 3.8) is 0 Å². The van der Waals surface area contributed by atoms with Gasteiger partial charge in [0.2, 0.25) is 0 Å². The van der Waals surface area contributed by atoms with Crippen LogP contribution in [0.1, 0.15) is 21.5 Å². The van der Waals surface area contributed by atoms with Gasteiger partial charge in [0, 0.05) is 5.56 Å². The molecule has 0 aliphatic rings. The Labute approximate surface area is 111 Å². The van der Waals surface area contributed by atoms with E-state index >= 15 is 0 Å². The second-order valence-electron chi connectivity index (χ2n) is 3.97. The zero-order valence-corrected chi connectivity index (χ0v) is 10.5. The number of benzene rings is 2. The van der Waals surface area contributed by atoms with Gasteiger partial charge in [0.15, 0.2) is 0 Å². The Balaban J connectivity index is 2.35. The topological polar surface area (TPSA) is 46.5 Å². The van der Waals surface area contributed by atoms with Gasteiger partial charge in [0.25, 0.3) is 0 Å². The SMILES string of the molecule is COc1ccccc1C=Cc1ccccc1C(=O)O. The minimum Gasteiger partial charge on any atom is -0.496 e. The van der Waals surface area contributed by atoms with E-state index in [0.717, 1.165) is 11.3 Å². The molecular weight excluding hydrogens is 240 g/mol. The average Bonchev–Trinajstić information content (AvgIpc) is 2.45. The highest BCUT2D eigenvalue weighted by molar-refractivity contribution is 5.93. The van der Waals surface area contributed by atoms with Crippen molar-refractivity contribution in [3.8, 4) is 5.75 Å². The van der Waals surface area contributed by atoms with Gasteiger partial charge in [-0.2, -0.15) is 0 Å². The molecule has 0 amide bonds. The van der Waals surface area contributed by atoms with Crippen LogP contribution in [0.4, 0.5) is 0 Å². The molecule has 0 atom stereocenters. The van der Waals surface area contributed by atoms with Crippen molar-refractivity contribution in [1.82, 2.24) is 0 Å². The first-order valence-electron chi connectivity index (χ1n) is 5.86. The van der Waals surface area contributed by atoms with Gasteiger partial charge in [-0.25, -0.2) is 4.79 Å². The summed E-state index contributed by atoms with van der Waals surface area (Å²) in [4.78, 5) is 11.1. The number of hydrogen-bond acceptors (Lipinski definition) is 2. The van der Waals surface area contributed by atoms with Crippen molar-refractivity contribution in [2.75, 3.05) is 7.11 Å². The summed E-state index contributed by atoms with van der Waals surface area (Å²) in [7, 11) is 1.61. The molecule has 3 nitrogen and oxygen atoms in total. The molecule has 0 aliphatic carbocycles. The fourth-order valence-electron chi connectivity index (χ4n) is 1.82. The maximum atomic E-state index is 11.1. The lowest BCUT2D eigenvalue weighted by atomic mass is 10.1. The lowest BCUT2D eigenvalue weighted by Crippen LogP contribution is -1.98. The molecule has 96 valence electrons. The molecule has 0 heterocycles. The van der Waals surface area contributed by atoms with E-state index in [-0.39, 0.29) is 5.56 Å². The summed E-state index contributed by atoms with van der Waals surface area (Å²) in [6.07, 6.45) is 3.63. The van der Waals surface area contributed by atoms with Crippen LogP contribution in [0.15, 0.2) is 48.5 Å². The highest BCUT2D eigenvalue weighted by Crippen LogP contribution is 2.21. The summed E-state index contributed by atoms with van der Waals surface area (Å²) in [6, 6.07) is 14.5. The van der Waals surface area contributed by atoms with Crippen molar-refractivity contribution in [1.29, 1.82) is 0 Å². The van der Waals surface area contributed by atoms with Crippen molar-refractivity contribution in [3.05, 3.63) is 65.2 Å². The molecule has 1 N–H and O–H groups in total. The van der Waals surface area contributed by atoms with Crippen molar-refractivity contribution < 1.29 is 14.6 Å². The zero-order chi connectivity index (χ0) is 13.7. The van der Waals surface area contributed by atoms with Gasteiger partial charge in [-0.1, -0.05) is 48.6 Å². The molecular formula is C16H14O3. The molecule has 0 saturated heterocycles. The van der Waals surface area contributed by atoms with E-state index in [2.05, 4.69) is 0 Å². The van der Waals surface area contributed by atoms with Crippen molar-refractivity contribution in [2.24, 2.45) is 0 Å². The highest BCUT2D eigenvalue weighted by Gasteiger charge is 2.06. The third-order valence-corrected chi connectivity index (χ3v) is 2.77. The maximum Gasteiger partial charge on any atom is 0.336 e. The first-order valence-corrected chi connectivity index (χ1v) is 5.86. The van der Waals surface area contributed by atoms with Gasteiger partial charge in [-0.15, -0.1) is 0 Å². The summed E-state index contributed by atoms with van der Waals surface area (Å²) in [5, 5.41) is 9.11. The number of carboxylic acids is 1. The van der Waals surface area contributed by atoms with Crippen LogP contribution >= 0.6 is 0 Å².